The molecule has 18 heavy (non-hydrogen) atoms. The van der Waals surface area contributed by atoms with E-state index in [1.807, 2.05) is 6.07 Å². The lowest BCUT2D eigenvalue weighted by atomic mass is 10.2. The average molecular weight is 307 g/mol. The maximum atomic E-state index is 9.06. The smallest absolute Gasteiger partial charge is 0.191 e. The van der Waals surface area contributed by atoms with Crippen molar-refractivity contribution in [3.63, 3.8) is 0 Å². The van der Waals surface area contributed by atoms with E-state index >= 15 is 0 Å². The molecule has 0 unspecified atom stereocenters. The van der Waals surface area contributed by atoms with E-state index in [0.717, 1.165) is 21.2 Å². The van der Waals surface area contributed by atoms with Gasteiger partial charge in [0.05, 0.1) is 11.6 Å². The first-order valence-electron chi connectivity index (χ1n) is 6.19. The van der Waals surface area contributed by atoms with Gasteiger partial charge in [-0.2, -0.15) is 0 Å². The van der Waals surface area contributed by atoms with E-state index in [1.165, 1.54) is 0 Å². The van der Waals surface area contributed by atoms with Gasteiger partial charge in [-0.15, -0.1) is 11.3 Å². The van der Waals surface area contributed by atoms with Gasteiger partial charge in [0.2, 0.25) is 0 Å². The molecule has 0 saturated heterocycles. The number of rotatable bonds is 5. The summed E-state index contributed by atoms with van der Waals surface area (Å²) in [5.41, 5.74) is 0. The number of hydrogen-bond donors (Lipinski definition) is 1. The number of halogens is 1. The highest BCUT2D eigenvalue weighted by Gasteiger charge is 2.36. The molecular weight excluding hydrogens is 284 g/mol. The molecule has 0 amide bonds. The monoisotopic (exact) mass is 306 g/mol. The first-order chi connectivity index (χ1) is 8.17. The Kier molecular flexibility index (Phi) is 5.44. The molecule has 0 atom stereocenters. The molecule has 0 radical (unpaired) electrons. The Bertz CT molecular complexity index is 396. The number of aliphatic hydroxyl groups is 1. The maximum Gasteiger partial charge on any atom is 0.191 e. The second kappa shape index (κ2) is 6.05. The first kappa shape index (κ1) is 16.2. The summed E-state index contributed by atoms with van der Waals surface area (Å²) in [5.74, 6) is 0. The predicted octanol–water partition coefficient (Wildman–Crippen LogP) is 4.46. The Hall–Kier alpha value is 0.127. The number of hydrogen-bond acceptors (Lipinski definition) is 3. The lowest BCUT2D eigenvalue weighted by Crippen LogP contribution is -2.41. The quantitative estimate of drug-likeness (QED) is 0.814. The molecule has 1 aromatic heterocycles. The Morgan fingerprint density at radius 2 is 2.00 bits per heavy atom. The van der Waals surface area contributed by atoms with Crippen molar-refractivity contribution in [1.82, 2.24) is 0 Å². The van der Waals surface area contributed by atoms with Crippen molar-refractivity contribution in [2.24, 2.45) is 0 Å². The van der Waals surface area contributed by atoms with E-state index in [2.05, 4.69) is 33.9 Å². The van der Waals surface area contributed by atoms with Crippen LogP contribution in [0.15, 0.2) is 6.07 Å². The van der Waals surface area contributed by atoms with Crippen molar-refractivity contribution in [3.05, 3.63) is 20.8 Å². The highest BCUT2D eigenvalue weighted by atomic mass is 35.5. The summed E-state index contributed by atoms with van der Waals surface area (Å²) in [6.45, 7) is 12.0. The fraction of sp³-hybridized carbons (Fsp3) is 0.692. The van der Waals surface area contributed by atoms with Gasteiger partial charge in [0, 0.05) is 22.8 Å². The molecule has 2 nitrogen and oxygen atoms in total. The van der Waals surface area contributed by atoms with Gasteiger partial charge in [-0.05, 0) is 24.2 Å². The van der Waals surface area contributed by atoms with Crippen LogP contribution >= 0.6 is 22.9 Å². The van der Waals surface area contributed by atoms with E-state index in [1.54, 1.807) is 11.3 Å². The summed E-state index contributed by atoms with van der Waals surface area (Å²) in [5, 5.41) is 10.1. The van der Waals surface area contributed by atoms with Crippen LogP contribution in [0, 0.1) is 0 Å². The molecule has 0 aromatic carbocycles. The highest BCUT2D eigenvalue weighted by molar-refractivity contribution is 7.12. The fourth-order valence-corrected chi connectivity index (χ4v) is 3.67. The van der Waals surface area contributed by atoms with Gasteiger partial charge in [0.25, 0.3) is 0 Å². The lowest BCUT2D eigenvalue weighted by Gasteiger charge is -2.36. The molecular formula is C13H23ClO2SSi. The van der Waals surface area contributed by atoms with Gasteiger partial charge in [-0.25, -0.2) is 0 Å². The average Bonchev–Trinajstić information content (AvgIpc) is 2.58. The van der Waals surface area contributed by atoms with Gasteiger partial charge < -0.3 is 9.53 Å². The first-order valence-corrected chi connectivity index (χ1v) is 10.3. The topological polar surface area (TPSA) is 29.5 Å². The van der Waals surface area contributed by atoms with Gasteiger partial charge >= 0.3 is 0 Å². The molecule has 1 aromatic rings. The second-order valence-corrected chi connectivity index (χ2v) is 12.4. The van der Waals surface area contributed by atoms with E-state index in [-0.39, 0.29) is 11.6 Å². The van der Waals surface area contributed by atoms with Crippen molar-refractivity contribution >= 4 is 31.3 Å². The van der Waals surface area contributed by atoms with Crippen LogP contribution in [-0.2, 0) is 17.5 Å². The van der Waals surface area contributed by atoms with Crippen LogP contribution < -0.4 is 0 Å². The van der Waals surface area contributed by atoms with Crippen molar-refractivity contribution in [2.75, 3.05) is 6.61 Å². The summed E-state index contributed by atoms with van der Waals surface area (Å²) in [6, 6.07) is 1.84. The molecule has 0 bridgehead atoms. The molecule has 1 N–H and O–H groups in total. The van der Waals surface area contributed by atoms with Gasteiger partial charge in [-0.3, -0.25) is 0 Å². The minimum atomic E-state index is -1.67. The molecule has 104 valence electrons. The Labute approximate surface area is 120 Å². The van der Waals surface area contributed by atoms with Crippen LogP contribution in [-0.4, -0.2) is 20.0 Å². The standard InChI is InChI=1S/C13H23ClO2SSi/c1-13(2,3)18(4,5)16-7-6-12-11(14)8-10(9-15)17-12/h8,15H,6-7,9H2,1-5H3. The molecule has 0 aliphatic rings. The second-order valence-electron chi connectivity index (χ2n) is 6.00. The molecule has 5 heteroatoms. The van der Waals surface area contributed by atoms with Crippen molar-refractivity contribution in [3.8, 4) is 0 Å². The van der Waals surface area contributed by atoms with Crippen molar-refractivity contribution < 1.29 is 9.53 Å². The number of thiophene rings is 1. The largest absolute Gasteiger partial charge is 0.416 e. The van der Waals surface area contributed by atoms with Gasteiger partial charge in [-0.1, -0.05) is 32.4 Å². The summed E-state index contributed by atoms with van der Waals surface area (Å²) in [4.78, 5) is 2.03. The zero-order valence-corrected chi connectivity index (χ0v) is 14.4. The third-order valence-corrected chi connectivity index (χ3v) is 9.73. The zero-order valence-electron chi connectivity index (χ0n) is 11.8. The van der Waals surface area contributed by atoms with E-state index in [9.17, 15) is 0 Å². The van der Waals surface area contributed by atoms with E-state index in [0.29, 0.717) is 6.61 Å². The van der Waals surface area contributed by atoms with Crippen molar-refractivity contribution in [1.29, 1.82) is 0 Å². The maximum absolute atomic E-state index is 9.06. The van der Waals surface area contributed by atoms with Gasteiger partial charge in [0.15, 0.2) is 8.32 Å². The Morgan fingerprint density at radius 1 is 1.39 bits per heavy atom. The normalized spacial score (nSPS) is 13.1. The fourth-order valence-electron chi connectivity index (χ4n) is 1.32. The number of aliphatic hydroxyl groups excluding tert-OH is 1. The molecule has 0 aliphatic heterocycles. The molecule has 0 fully saturated rings. The van der Waals surface area contributed by atoms with Crippen LogP contribution in [0.4, 0.5) is 0 Å². The summed E-state index contributed by atoms with van der Waals surface area (Å²) < 4.78 is 6.12. The van der Waals surface area contributed by atoms with E-state index < -0.39 is 8.32 Å². The summed E-state index contributed by atoms with van der Waals surface area (Å²) in [6.07, 6.45) is 0.829. The Balaban J connectivity index is 2.54. The summed E-state index contributed by atoms with van der Waals surface area (Å²) >= 11 is 7.69. The SMILES string of the molecule is CC(C)(C)[Si](C)(C)OCCc1sc(CO)cc1Cl. The Morgan fingerprint density at radius 3 is 2.44 bits per heavy atom. The van der Waals surface area contributed by atoms with Crippen LogP contribution in [0.25, 0.3) is 0 Å². The molecule has 0 aliphatic carbocycles. The summed E-state index contributed by atoms with van der Waals surface area (Å²) in [7, 11) is -1.67. The van der Waals surface area contributed by atoms with Crippen molar-refractivity contribution in [2.45, 2.75) is 51.9 Å². The van der Waals surface area contributed by atoms with Crippen LogP contribution in [0.2, 0.25) is 23.2 Å². The minimum Gasteiger partial charge on any atom is -0.416 e. The molecule has 1 heterocycles. The highest BCUT2D eigenvalue weighted by Crippen LogP contribution is 2.37. The minimum absolute atomic E-state index is 0.0630. The van der Waals surface area contributed by atoms with E-state index in [4.69, 9.17) is 21.1 Å². The molecule has 0 saturated carbocycles. The zero-order chi connectivity index (χ0) is 14.0. The third kappa shape index (κ3) is 4.07. The van der Waals surface area contributed by atoms with Crippen LogP contribution in [0.5, 0.6) is 0 Å². The van der Waals surface area contributed by atoms with Crippen LogP contribution in [0.3, 0.4) is 0 Å². The van der Waals surface area contributed by atoms with Crippen LogP contribution in [0.1, 0.15) is 30.5 Å². The molecule has 1 rings (SSSR count). The predicted molar refractivity (Wildman–Crippen MR) is 82.1 cm³/mol. The molecule has 0 spiro atoms. The third-order valence-electron chi connectivity index (χ3n) is 3.56. The van der Waals surface area contributed by atoms with Gasteiger partial charge in [0.1, 0.15) is 0 Å². The lowest BCUT2D eigenvalue weighted by molar-refractivity contribution is 0.285.